The molecule has 0 amide bonds. The van der Waals surface area contributed by atoms with E-state index in [-0.39, 0.29) is 0 Å². The molecule has 1 saturated carbocycles. The minimum Gasteiger partial charge on any atom is -0.289 e. The molecule has 2 rings (SSSR count). The van der Waals surface area contributed by atoms with Crippen LogP contribution >= 0.6 is 0 Å². The van der Waals surface area contributed by atoms with E-state index in [1.165, 1.54) is 12.8 Å². The molecule has 1 aromatic rings. The lowest BCUT2D eigenvalue weighted by atomic mass is 10.4. The van der Waals surface area contributed by atoms with E-state index in [4.69, 9.17) is 0 Å². The van der Waals surface area contributed by atoms with Gasteiger partial charge in [-0.15, -0.1) is 0 Å². The SMILES string of the molecule is Cc1cn[nH]c1NS(=O)C1CCCC1. The molecule has 2 N–H and O–H groups in total. The molecule has 1 aromatic heterocycles. The molecule has 1 heterocycles. The van der Waals surface area contributed by atoms with Crippen molar-refractivity contribution in [2.45, 2.75) is 37.9 Å². The Labute approximate surface area is 86.1 Å². The Morgan fingerprint density at radius 2 is 2.29 bits per heavy atom. The van der Waals surface area contributed by atoms with Gasteiger partial charge in [0.2, 0.25) is 0 Å². The van der Waals surface area contributed by atoms with Gasteiger partial charge in [0.1, 0.15) is 16.8 Å². The van der Waals surface area contributed by atoms with Crippen molar-refractivity contribution >= 4 is 16.8 Å². The molecule has 0 bridgehead atoms. The third kappa shape index (κ3) is 1.97. The number of aromatic amines is 1. The predicted molar refractivity (Wildman–Crippen MR) is 57.3 cm³/mol. The Balaban J connectivity index is 1.97. The molecule has 4 nitrogen and oxygen atoms in total. The van der Waals surface area contributed by atoms with Crippen molar-refractivity contribution in [1.29, 1.82) is 0 Å². The summed E-state index contributed by atoms with van der Waals surface area (Å²) in [6.45, 7) is 1.94. The van der Waals surface area contributed by atoms with Gasteiger partial charge in [-0.1, -0.05) is 12.8 Å². The van der Waals surface area contributed by atoms with Crippen LogP contribution in [0.5, 0.6) is 0 Å². The van der Waals surface area contributed by atoms with Crippen LogP contribution < -0.4 is 4.72 Å². The van der Waals surface area contributed by atoms with Gasteiger partial charge < -0.3 is 0 Å². The van der Waals surface area contributed by atoms with E-state index < -0.39 is 11.0 Å². The van der Waals surface area contributed by atoms with Crippen molar-refractivity contribution < 1.29 is 4.21 Å². The summed E-state index contributed by atoms with van der Waals surface area (Å²) in [6, 6.07) is 0. The van der Waals surface area contributed by atoms with Crippen LogP contribution in [0.15, 0.2) is 6.20 Å². The fraction of sp³-hybridized carbons (Fsp3) is 0.667. The molecule has 5 heteroatoms. The average molecular weight is 213 g/mol. The van der Waals surface area contributed by atoms with Crippen molar-refractivity contribution in [3.8, 4) is 0 Å². The second-order valence-electron chi connectivity index (χ2n) is 3.73. The number of aryl methyl sites for hydroxylation is 1. The number of H-pyrrole nitrogens is 1. The second kappa shape index (κ2) is 4.13. The van der Waals surface area contributed by atoms with Crippen LogP contribution in [-0.4, -0.2) is 19.7 Å². The molecule has 14 heavy (non-hydrogen) atoms. The van der Waals surface area contributed by atoms with Gasteiger partial charge in [0, 0.05) is 5.56 Å². The number of aromatic nitrogens is 2. The van der Waals surface area contributed by atoms with Crippen molar-refractivity contribution in [3.05, 3.63) is 11.8 Å². The molecule has 0 aromatic carbocycles. The second-order valence-corrected chi connectivity index (χ2v) is 5.20. The normalized spacial score (nSPS) is 19.8. The summed E-state index contributed by atoms with van der Waals surface area (Å²) < 4.78 is 14.8. The Hall–Kier alpha value is -0.840. The molecule has 1 aliphatic carbocycles. The zero-order chi connectivity index (χ0) is 9.97. The number of hydrogen-bond acceptors (Lipinski definition) is 2. The summed E-state index contributed by atoms with van der Waals surface area (Å²) in [5.41, 5.74) is 1.01. The van der Waals surface area contributed by atoms with Gasteiger partial charge >= 0.3 is 0 Å². The number of nitrogens with zero attached hydrogens (tertiary/aromatic N) is 1. The Bertz CT molecular complexity index is 331. The zero-order valence-corrected chi connectivity index (χ0v) is 9.06. The molecule has 78 valence electrons. The summed E-state index contributed by atoms with van der Waals surface area (Å²) in [4.78, 5) is 0. The summed E-state index contributed by atoms with van der Waals surface area (Å²) >= 11 is 0. The van der Waals surface area contributed by atoms with Gasteiger partial charge in [-0.3, -0.25) is 9.82 Å². The molecule has 0 spiro atoms. The van der Waals surface area contributed by atoms with Crippen molar-refractivity contribution in [3.63, 3.8) is 0 Å². The van der Waals surface area contributed by atoms with Crippen molar-refractivity contribution in [1.82, 2.24) is 10.2 Å². The molecule has 0 aliphatic heterocycles. The van der Waals surface area contributed by atoms with E-state index in [9.17, 15) is 4.21 Å². The van der Waals surface area contributed by atoms with Gasteiger partial charge in [0.05, 0.1) is 11.4 Å². The highest BCUT2D eigenvalue weighted by Gasteiger charge is 2.21. The fourth-order valence-electron chi connectivity index (χ4n) is 1.74. The largest absolute Gasteiger partial charge is 0.289 e. The maximum Gasteiger partial charge on any atom is 0.136 e. The highest BCUT2D eigenvalue weighted by Crippen LogP contribution is 2.23. The minimum absolute atomic E-state index is 0.317. The van der Waals surface area contributed by atoms with E-state index in [0.717, 1.165) is 24.2 Å². The minimum atomic E-state index is -0.956. The lowest BCUT2D eigenvalue weighted by molar-refractivity contribution is 0.673. The van der Waals surface area contributed by atoms with E-state index in [1.807, 2.05) is 6.92 Å². The quantitative estimate of drug-likeness (QED) is 0.803. The topological polar surface area (TPSA) is 57.8 Å². The molecule has 0 saturated heterocycles. The number of anilines is 1. The predicted octanol–water partition coefficient (Wildman–Crippen LogP) is 1.74. The number of hydrogen-bond donors (Lipinski definition) is 2. The molecule has 0 radical (unpaired) electrons. The molecular weight excluding hydrogens is 198 g/mol. The highest BCUT2D eigenvalue weighted by atomic mass is 32.2. The van der Waals surface area contributed by atoms with Crippen LogP contribution in [-0.2, 0) is 11.0 Å². The van der Waals surface area contributed by atoms with Crippen molar-refractivity contribution in [2.75, 3.05) is 4.72 Å². The Kier molecular flexibility index (Phi) is 2.86. The first-order valence-electron chi connectivity index (χ1n) is 4.94. The summed E-state index contributed by atoms with van der Waals surface area (Å²) in [5.74, 6) is 0.787. The Morgan fingerprint density at radius 1 is 1.57 bits per heavy atom. The standard InChI is InChI=1S/C9H15N3OS/c1-7-6-10-11-9(7)12-14(13)8-4-2-3-5-8/h6,8H,2-5H2,1H3,(H2,10,11,12). The maximum atomic E-state index is 11.8. The summed E-state index contributed by atoms with van der Waals surface area (Å²) in [6.07, 6.45) is 6.30. The summed E-state index contributed by atoms with van der Waals surface area (Å²) in [5, 5.41) is 7.00. The van der Waals surface area contributed by atoms with E-state index in [0.29, 0.717) is 5.25 Å². The van der Waals surface area contributed by atoms with Crippen LogP contribution in [0.3, 0.4) is 0 Å². The third-order valence-corrected chi connectivity index (χ3v) is 4.12. The molecule has 1 aliphatic rings. The summed E-state index contributed by atoms with van der Waals surface area (Å²) in [7, 11) is -0.956. The van der Waals surface area contributed by atoms with Gasteiger partial charge in [-0.25, -0.2) is 4.21 Å². The number of nitrogens with one attached hydrogen (secondary N) is 2. The van der Waals surface area contributed by atoms with E-state index in [2.05, 4.69) is 14.9 Å². The van der Waals surface area contributed by atoms with Gasteiger partial charge in [0.25, 0.3) is 0 Å². The van der Waals surface area contributed by atoms with E-state index in [1.54, 1.807) is 6.20 Å². The molecular formula is C9H15N3OS. The van der Waals surface area contributed by atoms with Gasteiger partial charge in [-0.05, 0) is 19.8 Å². The first kappa shape index (κ1) is 9.71. The lowest BCUT2D eigenvalue weighted by Gasteiger charge is -2.10. The average Bonchev–Trinajstić information content (AvgIpc) is 2.77. The van der Waals surface area contributed by atoms with Crippen molar-refractivity contribution in [2.24, 2.45) is 0 Å². The monoisotopic (exact) mass is 213 g/mol. The van der Waals surface area contributed by atoms with Crippen LogP contribution in [0.2, 0.25) is 0 Å². The van der Waals surface area contributed by atoms with Crippen LogP contribution in [0.25, 0.3) is 0 Å². The third-order valence-electron chi connectivity index (χ3n) is 2.64. The maximum absolute atomic E-state index is 11.8. The van der Waals surface area contributed by atoms with Crippen LogP contribution in [0, 0.1) is 6.92 Å². The van der Waals surface area contributed by atoms with Gasteiger partial charge in [0.15, 0.2) is 0 Å². The first-order valence-corrected chi connectivity index (χ1v) is 6.16. The van der Waals surface area contributed by atoms with Crippen LogP contribution in [0.1, 0.15) is 31.2 Å². The molecule has 1 unspecified atom stereocenters. The highest BCUT2D eigenvalue weighted by molar-refractivity contribution is 7.87. The molecule has 1 atom stereocenters. The zero-order valence-electron chi connectivity index (χ0n) is 8.25. The van der Waals surface area contributed by atoms with Gasteiger partial charge in [-0.2, -0.15) is 5.10 Å². The lowest BCUT2D eigenvalue weighted by Crippen LogP contribution is -2.18. The smallest absolute Gasteiger partial charge is 0.136 e. The van der Waals surface area contributed by atoms with E-state index >= 15 is 0 Å². The number of rotatable bonds is 3. The Morgan fingerprint density at radius 3 is 2.86 bits per heavy atom. The van der Waals surface area contributed by atoms with Crippen LogP contribution in [0.4, 0.5) is 5.82 Å². The molecule has 1 fully saturated rings. The first-order chi connectivity index (χ1) is 6.77. The fourth-order valence-corrected chi connectivity index (χ4v) is 3.07.